The smallest absolute Gasteiger partial charge is 0.358 e. The van der Waals surface area contributed by atoms with Crippen LogP contribution in [0.15, 0.2) is 23.3 Å². The minimum Gasteiger partial charge on any atom is -0.476 e. The molecule has 2 heterocycles. The van der Waals surface area contributed by atoms with Gasteiger partial charge in [-0.3, -0.25) is 9.48 Å². The summed E-state index contributed by atoms with van der Waals surface area (Å²) in [6, 6.07) is 0. The van der Waals surface area contributed by atoms with Gasteiger partial charge in [-0.05, 0) is 6.92 Å². The zero-order valence-corrected chi connectivity index (χ0v) is 9.45. The fraction of sp³-hybridized carbons (Fsp3) is 0.200. The number of carbonyl (C=O) groups is 2. The lowest BCUT2D eigenvalue weighted by Crippen LogP contribution is -2.14. The van der Waals surface area contributed by atoms with Gasteiger partial charge in [0.05, 0.1) is 5.69 Å². The molecule has 0 saturated carbocycles. The number of aryl methyl sites for hydroxylation is 1. The first-order chi connectivity index (χ1) is 8.61. The van der Waals surface area contributed by atoms with Gasteiger partial charge in [0.2, 0.25) is 0 Å². The minimum absolute atomic E-state index is 0.0654. The van der Waals surface area contributed by atoms with Crippen LogP contribution in [-0.4, -0.2) is 31.7 Å². The van der Waals surface area contributed by atoms with Crippen LogP contribution >= 0.6 is 0 Å². The van der Waals surface area contributed by atoms with Crippen molar-refractivity contribution in [2.75, 3.05) is 5.32 Å². The first-order valence-electron chi connectivity index (χ1n) is 5.12. The van der Waals surface area contributed by atoms with Crippen LogP contribution < -0.4 is 5.32 Å². The van der Waals surface area contributed by atoms with Gasteiger partial charge in [0, 0.05) is 12.7 Å². The molecule has 0 unspecified atom stereocenters. The first-order valence-corrected chi connectivity index (χ1v) is 5.12. The highest BCUT2D eigenvalue weighted by atomic mass is 16.4. The van der Waals surface area contributed by atoms with Gasteiger partial charge in [-0.25, -0.2) is 9.78 Å². The molecule has 0 aliphatic rings. The van der Waals surface area contributed by atoms with E-state index in [2.05, 4.69) is 19.8 Å². The Morgan fingerprint density at radius 3 is 2.89 bits per heavy atom. The monoisotopic (exact) mass is 250 g/mol. The summed E-state index contributed by atoms with van der Waals surface area (Å²) in [6.45, 7) is 2.31. The molecule has 0 spiro atoms. The number of oxazole rings is 1. The largest absolute Gasteiger partial charge is 0.476 e. The molecule has 0 radical (unpaired) electrons. The zero-order chi connectivity index (χ0) is 13.1. The molecule has 18 heavy (non-hydrogen) atoms. The zero-order valence-electron chi connectivity index (χ0n) is 9.45. The maximum atomic E-state index is 11.7. The molecule has 0 bridgehead atoms. The van der Waals surface area contributed by atoms with Gasteiger partial charge in [0.25, 0.3) is 5.91 Å². The molecule has 0 saturated heterocycles. The van der Waals surface area contributed by atoms with Gasteiger partial charge < -0.3 is 14.8 Å². The summed E-state index contributed by atoms with van der Waals surface area (Å²) in [6.07, 6.45) is 3.73. The van der Waals surface area contributed by atoms with Crippen LogP contribution in [0.25, 0.3) is 0 Å². The van der Waals surface area contributed by atoms with Crippen molar-refractivity contribution in [1.82, 2.24) is 14.8 Å². The van der Waals surface area contributed by atoms with Crippen molar-refractivity contribution in [2.45, 2.75) is 13.5 Å². The standard InChI is InChI=1S/C10H10N4O4/c1-2-14-3-6(8(13-14)10(16)17)12-9(15)7-4-18-5-11-7/h3-5H,2H2,1H3,(H,12,15)(H,16,17). The average Bonchev–Trinajstić information content (AvgIpc) is 2.97. The van der Waals surface area contributed by atoms with Crippen molar-refractivity contribution in [3.05, 3.63) is 30.2 Å². The minimum atomic E-state index is -1.21. The van der Waals surface area contributed by atoms with E-state index >= 15 is 0 Å². The topological polar surface area (TPSA) is 110 Å². The lowest BCUT2D eigenvalue weighted by molar-refractivity contribution is 0.0690. The van der Waals surface area contributed by atoms with Gasteiger partial charge >= 0.3 is 5.97 Å². The first kappa shape index (κ1) is 11.8. The number of amides is 1. The predicted molar refractivity (Wildman–Crippen MR) is 59.3 cm³/mol. The van der Waals surface area contributed by atoms with E-state index in [0.717, 1.165) is 6.39 Å². The molecule has 2 aromatic rings. The van der Waals surface area contributed by atoms with Crippen LogP contribution in [0.4, 0.5) is 5.69 Å². The lowest BCUT2D eigenvalue weighted by atomic mass is 10.3. The Balaban J connectivity index is 2.25. The fourth-order valence-electron chi connectivity index (χ4n) is 1.34. The molecule has 1 amide bonds. The number of carboxylic acid groups (broad SMARTS) is 1. The van der Waals surface area contributed by atoms with Gasteiger partial charge in [-0.2, -0.15) is 5.10 Å². The summed E-state index contributed by atoms with van der Waals surface area (Å²) in [5.41, 5.74) is -0.0263. The van der Waals surface area contributed by atoms with E-state index in [1.165, 1.54) is 17.1 Å². The lowest BCUT2D eigenvalue weighted by Gasteiger charge is -1.99. The van der Waals surface area contributed by atoms with Gasteiger partial charge in [-0.1, -0.05) is 0 Å². The number of aromatic carboxylic acids is 1. The Labute approximate surface area is 101 Å². The van der Waals surface area contributed by atoms with Crippen LogP contribution in [0.1, 0.15) is 27.9 Å². The number of nitrogens with zero attached hydrogens (tertiary/aromatic N) is 3. The van der Waals surface area contributed by atoms with Crippen molar-refractivity contribution in [3.8, 4) is 0 Å². The molecule has 0 fully saturated rings. The number of carbonyl (C=O) groups excluding carboxylic acids is 1. The number of nitrogens with one attached hydrogen (secondary N) is 1. The number of hydrogen-bond acceptors (Lipinski definition) is 5. The normalized spacial score (nSPS) is 10.3. The van der Waals surface area contributed by atoms with Crippen molar-refractivity contribution < 1.29 is 19.1 Å². The third-order valence-corrected chi connectivity index (χ3v) is 2.20. The molecule has 2 aromatic heterocycles. The maximum Gasteiger partial charge on any atom is 0.358 e. The van der Waals surface area contributed by atoms with Crippen LogP contribution in [0.3, 0.4) is 0 Å². The number of carboxylic acids is 1. The number of aromatic nitrogens is 3. The van der Waals surface area contributed by atoms with E-state index in [4.69, 9.17) is 5.11 Å². The number of rotatable bonds is 4. The third-order valence-electron chi connectivity index (χ3n) is 2.20. The molecular formula is C10H10N4O4. The second-order valence-electron chi connectivity index (χ2n) is 3.38. The second-order valence-corrected chi connectivity index (χ2v) is 3.38. The van der Waals surface area contributed by atoms with Gasteiger partial charge in [-0.15, -0.1) is 0 Å². The van der Waals surface area contributed by atoms with E-state index in [1.807, 2.05) is 6.92 Å². The van der Waals surface area contributed by atoms with Crippen molar-refractivity contribution in [3.63, 3.8) is 0 Å². The fourth-order valence-corrected chi connectivity index (χ4v) is 1.34. The Morgan fingerprint density at radius 1 is 1.56 bits per heavy atom. The molecule has 0 aliphatic heterocycles. The molecule has 8 heteroatoms. The van der Waals surface area contributed by atoms with Crippen LogP contribution in [0, 0.1) is 0 Å². The highest BCUT2D eigenvalue weighted by Crippen LogP contribution is 2.14. The molecule has 2 rings (SSSR count). The van der Waals surface area contributed by atoms with Crippen molar-refractivity contribution in [1.29, 1.82) is 0 Å². The maximum absolute atomic E-state index is 11.7. The summed E-state index contributed by atoms with van der Waals surface area (Å²) in [7, 11) is 0. The van der Waals surface area contributed by atoms with Crippen LogP contribution in [0.2, 0.25) is 0 Å². The molecule has 0 aromatic carbocycles. The van der Waals surface area contributed by atoms with Gasteiger partial charge in [0.1, 0.15) is 6.26 Å². The van der Waals surface area contributed by atoms with Crippen LogP contribution in [0.5, 0.6) is 0 Å². The Kier molecular flexibility index (Phi) is 3.09. The SMILES string of the molecule is CCn1cc(NC(=O)c2cocn2)c(C(=O)O)n1. The summed E-state index contributed by atoms with van der Waals surface area (Å²) >= 11 is 0. The highest BCUT2D eigenvalue weighted by molar-refractivity contribution is 6.05. The van der Waals surface area contributed by atoms with Crippen LogP contribution in [-0.2, 0) is 6.54 Å². The van der Waals surface area contributed by atoms with E-state index in [1.54, 1.807) is 0 Å². The second kappa shape index (κ2) is 4.70. The Morgan fingerprint density at radius 2 is 2.33 bits per heavy atom. The summed E-state index contributed by atoms with van der Waals surface area (Å²) < 4.78 is 6.09. The molecule has 0 aliphatic carbocycles. The van der Waals surface area contributed by atoms with E-state index in [9.17, 15) is 9.59 Å². The molecular weight excluding hydrogens is 240 g/mol. The molecule has 0 atom stereocenters. The van der Waals surface area contributed by atoms with Crippen molar-refractivity contribution in [2.24, 2.45) is 0 Å². The Hall–Kier alpha value is -2.64. The van der Waals surface area contributed by atoms with E-state index < -0.39 is 11.9 Å². The number of hydrogen-bond donors (Lipinski definition) is 2. The summed E-state index contributed by atoms with van der Waals surface area (Å²) in [5, 5.41) is 15.2. The van der Waals surface area contributed by atoms with Crippen molar-refractivity contribution >= 4 is 17.6 Å². The number of anilines is 1. The summed E-state index contributed by atoms with van der Waals surface area (Å²) in [4.78, 5) is 26.3. The third kappa shape index (κ3) is 2.21. The predicted octanol–water partition coefficient (Wildman–Crippen LogP) is 0.841. The molecule has 94 valence electrons. The molecule has 2 N–H and O–H groups in total. The molecule has 8 nitrogen and oxygen atoms in total. The summed E-state index contributed by atoms with van der Waals surface area (Å²) in [5.74, 6) is -1.76. The average molecular weight is 250 g/mol. The quantitative estimate of drug-likeness (QED) is 0.831. The highest BCUT2D eigenvalue weighted by Gasteiger charge is 2.19. The van der Waals surface area contributed by atoms with E-state index in [0.29, 0.717) is 6.54 Å². The van der Waals surface area contributed by atoms with E-state index in [-0.39, 0.29) is 17.1 Å². The van der Waals surface area contributed by atoms with Gasteiger partial charge in [0.15, 0.2) is 17.8 Å². The Bertz CT molecular complexity index is 573.